The molecule has 0 saturated carbocycles. The van der Waals surface area contributed by atoms with Crippen LogP contribution in [0, 0.1) is 11.6 Å². The fraction of sp³-hybridized carbons (Fsp3) is 0.118. The average Bonchev–Trinajstić information content (AvgIpc) is 3.04. The van der Waals surface area contributed by atoms with Crippen LogP contribution in [0.2, 0.25) is 0 Å². The number of rotatable bonds is 4. The molecule has 0 aliphatic heterocycles. The standard InChI is InChI=1S/C17H8F8N2O4S/c18-10-5-8(6-11(19)14(10)32(26,28)29)12-13(27-31-15(12)16(20,21)22)7-2-1-3-9(4-7)30-17(23,24)25/h1-6H,(H2,26,28,29). The monoisotopic (exact) mass is 488 g/mol. The molecule has 0 bridgehead atoms. The Morgan fingerprint density at radius 1 is 0.938 bits per heavy atom. The fourth-order valence-electron chi connectivity index (χ4n) is 2.77. The molecule has 15 heteroatoms. The summed E-state index contributed by atoms with van der Waals surface area (Å²) in [5.74, 6) is -6.27. The largest absolute Gasteiger partial charge is 0.573 e. The SMILES string of the molecule is NS(=O)(=O)c1c(F)cc(-c2c(-c3cccc(OC(F)(F)F)c3)noc2C(F)(F)F)cc1F. The van der Waals surface area contributed by atoms with Gasteiger partial charge in [-0.15, -0.1) is 13.2 Å². The van der Waals surface area contributed by atoms with E-state index in [4.69, 9.17) is 0 Å². The number of alkyl halides is 6. The summed E-state index contributed by atoms with van der Waals surface area (Å²) in [6, 6.07) is 4.03. The molecular formula is C17H8F8N2O4S. The second-order valence-electron chi connectivity index (χ2n) is 6.12. The molecule has 172 valence electrons. The molecule has 1 heterocycles. The number of nitrogens with two attached hydrogens (primary N) is 1. The van der Waals surface area contributed by atoms with E-state index in [9.17, 15) is 43.5 Å². The number of ether oxygens (including phenoxy) is 1. The molecule has 2 N–H and O–H groups in total. The molecule has 0 aliphatic carbocycles. The second kappa shape index (κ2) is 7.74. The van der Waals surface area contributed by atoms with Gasteiger partial charge in [0.05, 0.1) is 5.56 Å². The van der Waals surface area contributed by atoms with Crippen LogP contribution in [0.4, 0.5) is 35.1 Å². The third-order valence-electron chi connectivity index (χ3n) is 3.86. The lowest BCUT2D eigenvalue weighted by atomic mass is 9.98. The van der Waals surface area contributed by atoms with E-state index in [0.29, 0.717) is 6.07 Å². The maximum Gasteiger partial charge on any atom is 0.573 e. The van der Waals surface area contributed by atoms with Gasteiger partial charge in [-0.25, -0.2) is 22.3 Å². The van der Waals surface area contributed by atoms with Gasteiger partial charge in [-0.1, -0.05) is 17.3 Å². The molecule has 1 aromatic heterocycles. The van der Waals surface area contributed by atoms with Gasteiger partial charge in [0.15, 0.2) is 4.90 Å². The van der Waals surface area contributed by atoms with Crippen molar-refractivity contribution in [2.75, 3.05) is 0 Å². The van der Waals surface area contributed by atoms with Gasteiger partial charge in [0, 0.05) is 5.56 Å². The Hall–Kier alpha value is -3.20. The van der Waals surface area contributed by atoms with Gasteiger partial charge in [0.1, 0.15) is 23.1 Å². The van der Waals surface area contributed by atoms with Crippen LogP contribution in [0.1, 0.15) is 5.76 Å². The number of hydrogen-bond donors (Lipinski definition) is 1. The first-order valence-electron chi connectivity index (χ1n) is 8.03. The summed E-state index contributed by atoms with van der Waals surface area (Å²) < 4.78 is 137. The van der Waals surface area contributed by atoms with Crippen LogP contribution in [-0.2, 0) is 16.2 Å². The Balaban J connectivity index is 2.26. The van der Waals surface area contributed by atoms with E-state index in [1.807, 2.05) is 0 Å². The van der Waals surface area contributed by atoms with Crippen LogP contribution < -0.4 is 9.88 Å². The minimum Gasteiger partial charge on any atom is -0.406 e. The van der Waals surface area contributed by atoms with E-state index in [-0.39, 0.29) is 12.1 Å². The third-order valence-corrected chi connectivity index (χ3v) is 4.82. The smallest absolute Gasteiger partial charge is 0.406 e. The van der Waals surface area contributed by atoms with Gasteiger partial charge in [-0.2, -0.15) is 13.2 Å². The van der Waals surface area contributed by atoms with Gasteiger partial charge in [0.2, 0.25) is 15.8 Å². The highest BCUT2D eigenvalue weighted by molar-refractivity contribution is 7.89. The van der Waals surface area contributed by atoms with Crippen LogP contribution in [-0.4, -0.2) is 19.9 Å². The van der Waals surface area contributed by atoms with Crippen molar-refractivity contribution in [3.63, 3.8) is 0 Å². The minimum absolute atomic E-state index is 0.240. The minimum atomic E-state index is -5.24. The van der Waals surface area contributed by atoms with Gasteiger partial charge in [0.25, 0.3) is 0 Å². The van der Waals surface area contributed by atoms with E-state index < -0.39 is 73.0 Å². The van der Waals surface area contributed by atoms with Gasteiger partial charge in [-0.3, -0.25) is 0 Å². The fourth-order valence-corrected chi connectivity index (χ4v) is 3.43. The number of primary sulfonamides is 1. The molecule has 6 nitrogen and oxygen atoms in total. The van der Waals surface area contributed by atoms with E-state index >= 15 is 0 Å². The number of halogens is 8. The molecule has 0 saturated heterocycles. The van der Waals surface area contributed by atoms with Crippen molar-refractivity contribution in [1.82, 2.24) is 5.16 Å². The van der Waals surface area contributed by atoms with E-state index in [1.165, 1.54) is 0 Å². The molecule has 32 heavy (non-hydrogen) atoms. The van der Waals surface area contributed by atoms with Crippen LogP contribution >= 0.6 is 0 Å². The summed E-state index contributed by atoms with van der Waals surface area (Å²) in [7, 11) is -4.91. The Bertz CT molecular complexity index is 1260. The Labute approximate surface area is 173 Å². The van der Waals surface area contributed by atoms with Gasteiger partial charge >= 0.3 is 12.5 Å². The summed E-state index contributed by atoms with van der Waals surface area (Å²) in [6.07, 6.45) is -10.4. The zero-order chi connectivity index (χ0) is 24.1. The second-order valence-corrected chi connectivity index (χ2v) is 7.62. The summed E-state index contributed by atoms with van der Waals surface area (Å²) in [4.78, 5) is -1.59. The van der Waals surface area contributed by atoms with Crippen molar-refractivity contribution >= 4 is 10.0 Å². The van der Waals surface area contributed by atoms with E-state index in [0.717, 1.165) is 18.2 Å². The maximum absolute atomic E-state index is 14.2. The van der Waals surface area contributed by atoms with Crippen LogP contribution in [0.3, 0.4) is 0 Å². The van der Waals surface area contributed by atoms with E-state index in [1.54, 1.807) is 0 Å². The summed E-state index contributed by atoms with van der Waals surface area (Å²) in [5.41, 5.74) is -3.05. The molecule has 0 spiro atoms. The molecule has 3 aromatic rings. The van der Waals surface area contributed by atoms with Crippen molar-refractivity contribution in [3.8, 4) is 28.1 Å². The van der Waals surface area contributed by atoms with Crippen LogP contribution in [0.5, 0.6) is 5.75 Å². The number of sulfonamides is 1. The number of hydrogen-bond acceptors (Lipinski definition) is 5. The molecule has 3 rings (SSSR count). The summed E-state index contributed by atoms with van der Waals surface area (Å²) >= 11 is 0. The topological polar surface area (TPSA) is 95.4 Å². The lowest BCUT2D eigenvalue weighted by Gasteiger charge is -2.11. The lowest BCUT2D eigenvalue weighted by Crippen LogP contribution is -2.17. The lowest BCUT2D eigenvalue weighted by molar-refractivity contribution is -0.274. The van der Waals surface area contributed by atoms with Crippen molar-refractivity contribution in [2.45, 2.75) is 17.4 Å². The van der Waals surface area contributed by atoms with Crippen molar-refractivity contribution in [2.24, 2.45) is 5.14 Å². The normalized spacial score (nSPS) is 12.8. The number of benzene rings is 2. The Kier molecular flexibility index (Phi) is 5.67. The zero-order valence-corrected chi connectivity index (χ0v) is 15.9. The summed E-state index contributed by atoms with van der Waals surface area (Å²) in [6.45, 7) is 0. The van der Waals surface area contributed by atoms with Crippen molar-refractivity contribution in [1.29, 1.82) is 0 Å². The molecule has 2 aromatic carbocycles. The highest BCUT2D eigenvalue weighted by atomic mass is 32.2. The van der Waals surface area contributed by atoms with Crippen LogP contribution in [0.15, 0.2) is 45.8 Å². The van der Waals surface area contributed by atoms with Crippen molar-refractivity contribution < 1.29 is 52.8 Å². The van der Waals surface area contributed by atoms with Crippen molar-refractivity contribution in [3.05, 3.63) is 53.8 Å². The maximum atomic E-state index is 14.2. The number of nitrogens with zero attached hydrogens (tertiary/aromatic N) is 1. The van der Waals surface area contributed by atoms with Crippen LogP contribution in [0.25, 0.3) is 22.4 Å². The Morgan fingerprint density at radius 3 is 2.03 bits per heavy atom. The number of aromatic nitrogens is 1. The van der Waals surface area contributed by atoms with E-state index in [2.05, 4.69) is 19.6 Å². The van der Waals surface area contributed by atoms with Gasteiger partial charge < -0.3 is 9.26 Å². The zero-order valence-electron chi connectivity index (χ0n) is 15.1. The molecule has 0 radical (unpaired) electrons. The highest BCUT2D eigenvalue weighted by Gasteiger charge is 2.41. The molecule has 0 atom stereocenters. The Morgan fingerprint density at radius 2 is 1.53 bits per heavy atom. The molecule has 0 aliphatic rings. The quantitative estimate of drug-likeness (QED) is 0.530. The third kappa shape index (κ3) is 4.83. The average molecular weight is 488 g/mol. The first kappa shape index (κ1) is 23.5. The first-order chi connectivity index (χ1) is 14.6. The van der Waals surface area contributed by atoms with Gasteiger partial charge in [-0.05, 0) is 29.8 Å². The molecule has 0 unspecified atom stereocenters. The highest BCUT2D eigenvalue weighted by Crippen LogP contribution is 2.44. The predicted molar refractivity (Wildman–Crippen MR) is 90.3 cm³/mol. The predicted octanol–water partition coefficient (Wildman–Crippen LogP) is 4.85. The molecular weight excluding hydrogens is 480 g/mol. The molecule has 0 amide bonds. The molecule has 0 fully saturated rings. The summed E-state index contributed by atoms with van der Waals surface area (Å²) in [5, 5.41) is 7.87. The first-order valence-corrected chi connectivity index (χ1v) is 9.58.